The molecule has 1 fully saturated rings. The number of carbonyl (C=O) groups excluding carboxylic acids is 1. The summed E-state index contributed by atoms with van der Waals surface area (Å²) in [5.74, 6) is 0. The van der Waals surface area contributed by atoms with E-state index in [1.165, 1.54) is 7.11 Å². The van der Waals surface area contributed by atoms with Crippen molar-refractivity contribution in [3.63, 3.8) is 0 Å². The monoisotopic (exact) mass is 298 g/mol. The molecule has 1 aromatic carbocycles. The van der Waals surface area contributed by atoms with Crippen LogP contribution in [0.1, 0.15) is 25.0 Å². The molecule has 1 saturated heterocycles. The molecular formula is C14H19ClN2O3. The van der Waals surface area contributed by atoms with Crippen LogP contribution in [-0.4, -0.2) is 37.4 Å². The lowest BCUT2D eigenvalue weighted by atomic mass is 10.1. The number of aliphatic hydroxyl groups excluding tert-OH is 1. The van der Waals surface area contributed by atoms with Crippen molar-refractivity contribution in [3.05, 3.63) is 28.8 Å². The van der Waals surface area contributed by atoms with Crippen molar-refractivity contribution in [3.8, 4) is 0 Å². The Morgan fingerprint density at radius 3 is 2.95 bits per heavy atom. The van der Waals surface area contributed by atoms with Gasteiger partial charge in [0.05, 0.1) is 30.0 Å². The highest BCUT2D eigenvalue weighted by molar-refractivity contribution is 6.33. The lowest BCUT2D eigenvalue weighted by Gasteiger charge is -2.21. The summed E-state index contributed by atoms with van der Waals surface area (Å²) >= 11 is 6.27. The molecule has 0 radical (unpaired) electrons. The van der Waals surface area contributed by atoms with E-state index in [9.17, 15) is 9.90 Å². The van der Waals surface area contributed by atoms with Gasteiger partial charge >= 0.3 is 6.09 Å². The summed E-state index contributed by atoms with van der Waals surface area (Å²) in [4.78, 5) is 13.3. The Bertz CT molecular complexity index is 493. The maximum Gasteiger partial charge on any atom is 0.407 e. The zero-order valence-electron chi connectivity index (χ0n) is 11.6. The van der Waals surface area contributed by atoms with Crippen LogP contribution in [0.4, 0.5) is 10.5 Å². The first-order chi connectivity index (χ1) is 9.51. The van der Waals surface area contributed by atoms with Crippen LogP contribution in [0.25, 0.3) is 0 Å². The number of anilines is 1. The molecule has 2 N–H and O–H groups in total. The number of hydrogen-bond donors (Lipinski definition) is 2. The number of aliphatic hydroxyl groups is 1. The second-order valence-electron chi connectivity index (χ2n) is 4.95. The first-order valence-electron chi connectivity index (χ1n) is 6.58. The number of amides is 1. The van der Waals surface area contributed by atoms with Crippen LogP contribution in [0.2, 0.25) is 5.02 Å². The number of benzene rings is 1. The van der Waals surface area contributed by atoms with Crippen molar-refractivity contribution < 1.29 is 14.6 Å². The molecule has 0 aliphatic carbocycles. The normalized spacial score (nSPS) is 19.8. The van der Waals surface area contributed by atoms with Crippen LogP contribution in [0.3, 0.4) is 0 Å². The van der Waals surface area contributed by atoms with Gasteiger partial charge in [0.15, 0.2) is 0 Å². The predicted molar refractivity (Wildman–Crippen MR) is 78.2 cm³/mol. The van der Waals surface area contributed by atoms with Crippen molar-refractivity contribution in [2.75, 3.05) is 25.1 Å². The third kappa shape index (κ3) is 3.35. The topological polar surface area (TPSA) is 61.8 Å². The van der Waals surface area contributed by atoms with Crippen molar-refractivity contribution >= 4 is 23.4 Å². The molecule has 1 unspecified atom stereocenters. The molecule has 2 rings (SSSR count). The quantitative estimate of drug-likeness (QED) is 0.899. The number of rotatable bonds is 3. The first kappa shape index (κ1) is 14.9. The Morgan fingerprint density at radius 2 is 2.35 bits per heavy atom. The lowest BCUT2D eigenvalue weighted by molar-refractivity contribution is 0.167. The molecule has 1 aliphatic rings. The number of nitrogens with one attached hydrogen (secondary N) is 1. The van der Waals surface area contributed by atoms with E-state index in [0.717, 1.165) is 24.2 Å². The number of methoxy groups -OCH3 is 1. The van der Waals surface area contributed by atoms with E-state index < -0.39 is 12.2 Å². The molecule has 2 atom stereocenters. The number of nitrogens with zero attached hydrogens (tertiary/aromatic N) is 1. The van der Waals surface area contributed by atoms with Crippen LogP contribution in [-0.2, 0) is 4.74 Å². The minimum atomic E-state index is -0.533. The van der Waals surface area contributed by atoms with Crippen molar-refractivity contribution in [2.24, 2.45) is 0 Å². The molecule has 1 aliphatic heterocycles. The highest BCUT2D eigenvalue weighted by Crippen LogP contribution is 2.31. The van der Waals surface area contributed by atoms with Gasteiger partial charge in [0.25, 0.3) is 0 Å². The molecule has 5 nitrogen and oxygen atoms in total. The molecule has 20 heavy (non-hydrogen) atoms. The van der Waals surface area contributed by atoms with Gasteiger partial charge in [-0.15, -0.1) is 0 Å². The minimum Gasteiger partial charge on any atom is -0.453 e. The van der Waals surface area contributed by atoms with E-state index in [2.05, 4.69) is 15.0 Å². The first-order valence-corrected chi connectivity index (χ1v) is 6.96. The zero-order valence-corrected chi connectivity index (χ0v) is 12.4. The molecule has 110 valence electrons. The van der Waals surface area contributed by atoms with E-state index in [4.69, 9.17) is 11.6 Å². The fourth-order valence-electron chi connectivity index (χ4n) is 2.36. The molecule has 0 spiro atoms. The van der Waals surface area contributed by atoms with Gasteiger partial charge in [0, 0.05) is 13.1 Å². The van der Waals surface area contributed by atoms with Gasteiger partial charge in [-0.1, -0.05) is 17.7 Å². The second-order valence-corrected chi connectivity index (χ2v) is 5.36. The smallest absolute Gasteiger partial charge is 0.407 e. The summed E-state index contributed by atoms with van der Waals surface area (Å²) in [5.41, 5.74) is 1.72. The summed E-state index contributed by atoms with van der Waals surface area (Å²) in [6.07, 6.45) is -0.0925. The predicted octanol–water partition coefficient (Wildman–Crippen LogP) is 2.33. The number of halogens is 1. The van der Waals surface area contributed by atoms with Crippen LogP contribution >= 0.6 is 11.6 Å². The van der Waals surface area contributed by atoms with Gasteiger partial charge in [0.1, 0.15) is 0 Å². The maximum absolute atomic E-state index is 11.2. The highest BCUT2D eigenvalue weighted by atomic mass is 35.5. The Morgan fingerprint density at radius 1 is 1.60 bits per heavy atom. The van der Waals surface area contributed by atoms with E-state index in [-0.39, 0.29) is 6.04 Å². The zero-order chi connectivity index (χ0) is 14.7. The SMILES string of the molecule is COC(=O)NC1CCN(c2ccc([C@H](C)O)cc2Cl)C1. The van der Waals surface area contributed by atoms with Gasteiger partial charge in [-0.3, -0.25) is 0 Å². The molecule has 0 saturated carbocycles. The van der Waals surface area contributed by atoms with Crippen LogP contribution in [0.15, 0.2) is 18.2 Å². The average molecular weight is 299 g/mol. The molecule has 0 bridgehead atoms. The van der Waals surface area contributed by atoms with Crippen molar-refractivity contribution in [1.29, 1.82) is 0 Å². The molecule has 0 aromatic heterocycles. The number of alkyl carbamates (subject to hydrolysis) is 1. The minimum absolute atomic E-state index is 0.0648. The molecule has 1 heterocycles. The molecule has 6 heteroatoms. The fourth-order valence-corrected chi connectivity index (χ4v) is 2.67. The van der Waals surface area contributed by atoms with E-state index in [1.54, 1.807) is 13.0 Å². The van der Waals surface area contributed by atoms with E-state index >= 15 is 0 Å². The maximum atomic E-state index is 11.2. The molecular weight excluding hydrogens is 280 g/mol. The van der Waals surface area contributed by atoms with E-state index in [0.29, 0.717) is 11.6 Å². The number of hydrogen-bond acceptors (Lipinski definition) is 4. The third-order valence-corrected chi connectivity index (χ3v) is 3.79. The second kappa shape index (κ2) is 6.33. The van der Waals surface area contributed by atoms with Gasteiger partial charge in [-0.25, -0.2) is 4.79 Å². The van der Waals surface area contributed by atoms with Gasteiger partial charge in [-0.05, 0) is 31.0 Å². The Hall–Kier alpha value is -1.46. The van der Waals surface area contributed by atoms with Gasteiger partial charge in [-0.2, -0.15) is 0 Å². The summed E-state index contributed by atoms with van der Waals surface area (Å²) in [7, 11) is 1.35. The average Bonchev–Trinajstić information content (AvgIpc) is 2.86. The Labute approximate surface area is 123 Å². The van der Waals surface area contributed by atoms with Gasteiger partial charge in [0.2, 0.25) is 0 Å². The fraction of sp³-hybridized carbons (Fsp3) is 0.500. The van der Waals surface area contributed by atoms with Crippen LogP contribution < -0.4 is 10.2 Å². The van der Waals surface area contributed by atoms with Crippen LogP contribution in [0, 0.1) is 0 Å². The lowest BCUT2D eigenvalue weighted by Crippen LogP contribution is -2.37. The third-order valence-electron chi connectivity index (χ3n) is 3.49. The number of ether oxygens (including phenoxy) is 1. The molecule has 1 amide bonds. The van der Waals surface area contributed by atoms with E-state index in [1.807, 2.05) is 12.1 Å². The van der Waals surface area contributed by atoms with Gasteiger partial charge < -0.3 is 20.1 Å². The van der Waals surface area contributed by atoms with Crippen LogP contribution in [0.5, 0.6) is 0 Å². The summed E-state index contributed by atoms with van der Waals surface area (Å²) in [6, 6.07) is 5.62. The molecule has 1 aromatic rings. The Balaban J connectivity index is 2.04. The largest absolute Gasteiger partial charge is 0.453 e. The standard InChI is InChI=1S/C14H19ClN2O3/c1-9(18)10-3-4-13(12(15)7-10)17-6-5-11(8-17)16-14(19)20-2/h3-4,7,9,11,18H,5-6,8H2,1-2H3,(H,16,19)/t9-,11?/m0/s1. The highest BCUT2D eigenvalue weighted by Gasteiger charge is 2.25. The summed E-state index contributed by atoms with van der Waals surface area (Å²) < 4.78 is 4.60. The Kier molecular flexibility index (Phi) is 4.73. The van der Waals surface area contributed by atoms with Crippen molar-refractivity contribution in [1.82, 2.24) is 5.32 Å². The number of carbonyl (C=O) groups is 1. The van der Waals surface area contributed by atoms with Crippen molar-refractivity contribution in [2.45, 2.75) is 25.5 Å². The summed E-state index contributed by atoms with van der Waals surface area (Å²) in [6.45, 7) is 3.22. The summed E-state index contributed by atoms with van der Waals surface area (Å²) in [5, 5.41) is 12.9.